The van der Waals surface area contributed by atoms with Crippen molar-refractivity contribution >= 4 is 11.1 Å². The normalized spacial score (nSPS) is 14.6. The summed E-state index contributed by atoms with van der Waals surface area (Å²) in [5.74, 6) is 1.47. The monoisotopic (exact) mass is 750 g/mol. The maximum absolute atomic E-state index is 9.67. The maximum Gasteiger partial charge on any atom is 0.135 e. The molecule has 2 unspecified atom stereocenters. The zero-order chi connectivity index (χ0) is 40.0. The van der Waals surface area contributed by atoms with Crippen molar-refractivity contribution < 1.29 is 14.9 Å². The number of rotatable bonds is 6. The van der Waals surface area contributed by atoms with Gasteiger partial charge in [0.25, 0.3) is 0 Å². The van der Waals surface area contributed by atoms with Gasteiger partial charge in [0.15, 0.2) is 0 Å². The molecule has 9 rings (SSSR count). The van der Waals surface area contributed by atoms with Gasteiger partial charge in [-0.05, 0) is 100.0 Å². The molecule has 0 aromatic heterocycles. The Labute approximate surface area is 336 Å². The molecular formula is C52H50N2O3. The number of ether oxygens (including phenoxy) is 1. The topological polar surface area (TPSA) is 102 Å². The predicted octanol–water partition coefficient (Wildman–Crippen LogP) is 11.4. The highest BCUT2D eigenvalue weighted by atomic mass is 16.5. The van der Waals surface area contributed by atoms with Crippen LogP contribution in [0, 0.1) is 0 Å². The van der Waals surface area contributed by atoms with Crippen molar-refractivity contribution in [2.45, 2.75) is 31.9 Å². The fourth-order valence-corrected chi connectivity index (χ4v) is 7.07. The quantitative estimate of drug-likeness (QED) is 0.136. The minimum absolute atomic E-state index is 0.0494. The number of phenolic OH excluding ortho intramolecular Hbond substituents is 2. The Morgan fingerprint density at radius 3 is 1.40 bits per heavy atom. The lowest BCUT2D eigenvalue weighted by atomic mass is 9.79. The Morgan fingerprint density at radius 1 is 0.509 bits per heavy atom. The van der Waals surface area contributed by atoms with Crippen molar-refractivity contribution in [3.8, 4) is 39.5 Å². The number of allylic oxidation sites excluding steroid dienone is 2. The van der Waals surface area contributed by atoms with Gasteiger partial charge in [-0.2, -0.15) is 0 Å². The Balaban J connectivity index is 0.000000287. The van der Waals surface area contributed by atoms with Crippen molar-refractivity contribution in [2.75, 3.05) is 7.05 Å². The molecule has 0 saturated heterocycles. The van der Waals surface area contributed by atoms with E-state index in [0.29, 0.717) is 6.54 Å². The standard InChI is InChI=1S/C37H29NO3.C8H10.C6H6.CH5N/c38-22-29-2-1-3-35-36(29)34-21-30(27-6-4-23(5-7-27)25-12-16-31(39)17-13-25)20-33(37(34)41-35)28-10-8-24(9-11-28)26-14-18-32(40)19-15-26;1-2-8-6-4-3-5-7-8;1-2-4-6-5-3-1;1-2/h1-21,34,37,39-40H,22,38H2;3-7H,2H2,1H3;1-6H;2H2,1H3. The molecule has 7 aromatic rings. The summed E-state index contributed by atoms with van der Waals surface area (Å²) in [6.07, 6.45) is 5.57. The first-order valence-electron chi connectivity index (χ1n) is 19.3. The van der Waals surface area contributed by atoms with Crippen molar-refractivity contribution in [3.63, 3.8) is 0 Å². The van der Waals surface area contributed by atoms with E-state index in [0.717, 1.165) is 62.3 Å². The van der Waals surface area contributed by atoms with Gasteiger partial charge in [-0.1, -0.05) is 165 Å². The summed E-state index contributed by atoms with van der Waals surface area (Å²) >= 11 is 0. The number of aromatic hydroxyl groups is 2. The molecule has 2 atom stereocenters. The predicted molar refractivity (Wildman–Crippen MR) is 237 cm³/mol. The summed E-state index contributed by atoms with van der Waals surface area (Å²) < 4.78 is 6.60. The highest BCUT2D eigenvalue weighted by molar-refractivity contribution is 5.90. The van der Waals surface area contributed by atoms with Crippen LogP contribution in [0.25, 0.3) is 33.4 Å². The van der Waals surface area contributed by atoms with Gasteiger partial charge < -0.3 is 26.4 Å². The van der Waals surface area contributed by atoms with E-state index in [2.05, 4.69) is 104 Å². The molecule has 0 spiro atoms. The van der Waals surface area contributed by atoms with Crippen molar-refractivity contribution in [3.05, 3.63) is 222 Å². The molecule has 1 heterocycles. The number of nitrogens with two attached hydrogens (primary N) is 2. The first-order valence-corrected chi connectivity index (χ1v) is 19.3. The highest BCUT2D eigenvalue weighted by Crippen LogP contribution is 2.50. The van der Waals surface area contributed by atoms with Gasteiger partial charge >= 0.3 is 0 Å². The Morgan fingerprint density at radius 2 is 0.947 bits per heavy atom. The average Bonchev–Trinajstić information content (AvgIpc) is 3.68. The molecule has 6 N–H and O–H groups in total. The summed E-state index contributed by atoms with van der Waals surface area (Å²) in [6, 6.07) is 60.2. The molecule has 0 amide bonds. The van der Waals surface area contributed by atoms with Gasteiger partial charge in [-0.25, -0.2) is 0 Å². The second-order valence-corrected chi connectivity index (χ2v) is 13.6. The number of fused-ring (bicyclic) bond motifs is 3. The minimum atomic E-state index is -0.141. The molecule has 7 aromatic carbocycles. The van der Waals surface area contributed by atoms with E-state index in [1.54, 1.807) is 24.3 Å². The number of hydrogen-bond donors (Lipinski definition) is 4. The van der Waals surface area contributed by atoms with Crippen molar-refractivity contribution in [2.24, 2.45) is 11.5 Å². The summed E-state index contributed by atoms with van der Waals surface area (Å²) in [5.41, 5.74) is 23.2. The van der Waals surface area contributed by atoms with Crippen LogP contribution >= 0.6 is 0 Å². The summed E-state index contributed by atoms with van der Waals surface area (Å²) in [4.78, 5) is 0. The number of benzene rings is 7. The zero-order valence-corrected chi connectivity index (χ0v) is 32.5. The summed E-state index contributed by atoms with van der Waals surface area (Å²) in [6.45, 7) is 2.62. The summed E-state index contributed by atoms with van der Waals surface area (Å²) in [5, 5.41) is 19.3. The van der Waals surface area contributed by atoms with Crippen LogP contribution in [0.5, 0.6) is 17.2 Å². The molecule has 0 fully saturated rings. The zero-order valence-electron chi connectivity index (χ0n) is 32.5. The van der Waals surface area contributed by atoms with Crippen LogP contribution in [0.3, 0.4) is 0 Å². The lowest BCUT2D eigenvalue weighted by molar-refractivity contribution is 0.278. The number of aryl methyl sites for hydroxylation is 1. The summed E-state index contributed by atoms with van der Waals surface area (Å²) in [7, 11) is 1.50. The minimum Gasteiger partial charge on any atom is -0.508 e. The third-order valence-corrected chi connectivity index (χ3v) is 10.0. The molecule has 5 nitrogen and oxygen atoms in total. The molecule has 0 saturated carbocycles. The third kappa shape index (κ3) is 9.96. The molecule has 0 bridgehead atoms. The van der Waals surface area contributed by atoms with Gasteiger partial charge in [0.05, 0.1) is 0 Å². The molecule has 1 aliphatic heterocycles. The van der Waals surface area contributed by atoms with E-state index in [1.807, 2.05) is 78.9 Å². The Kier molecular flexibility index (Phi) is 13.9. The lowest BCUT2D eigenvalue weighted by Gasteiger charge is -2.26. The van der Waals surface area contributed by atoms with Gasteiger partial charge in [0.1, 0.15) is 23.4 Å². The highest BCUT2D eigenvalue weighted by Gasteiger charge is 2.39. The molecule has 5 heteroatoms. The van der Waals surface area contributed by atoms with Gasteiger partial charge in [0.2, 0.25) is 0 Å². The van der Waals surface area contributed by atoms with Crippen molar-refractivity contribution in [1.29, 1.82) is 0 Å². The largest absolute Gasteiger partial charge is 0.508 e. The van der Waals surface area contributed by atoms with E-state index in [4.69, 9.17) is 10.5 Å². The second kappa shape index (κ2) is 19.8. The first kappa shape index (κ1) is 40.0. The fourth-order valence-electron chi connectivity index (χ4n) is 7.07. The number of hydrogen-bond acceptors (Lipinski definition) is 5. The van der Waals surface area contributed by atoms with E-state index < -0.39 is 0 Å². The van der Waals surface area contributed by atoms with Crippen molar-refractivity contribution in [1.82, 2.24) is 0 Å². The van der Waals surface area contributed by atoms with Crippen LogP contribution < -0.4 is 16.2 Å². The molecule has 57 heavy (non-hydrogen) atoms. The van der Waals surface area contributed by atoms with Crippen LogP contribution in [0.4, 0.5) is 0 Å². The molecule has 0 radical (unpaired) electrons. The maximum atomic E-state index is 9.67. The lowest BCUT2D eigenvalue weighted by Crippen LogP contribution is -2.23. The van der Waals surface area contributed by atoms with Crippen LogP contribution in [-0.2, 0) is 13.0 Å². The molecule has 2 aliphatic rings. The van der Waals surface area contributed by atoms with E-state index in [9.17, 15) is 10.2 Å². The fraction of sp³-hybridized carbons (Fsp3) is 0.115. The van der Waals surface area contributed by atoms with Gasteiger partial charge in [0, 0.05) is 23.6 Å². The van der Waals surface area contributed by atoms with Crippen LogP contribution in [-0.4, -0.2) is 23.4 Å². The SMILES string of the molecule is CCc1ccccc1.CN.NCc1cccc2c1C1C=C(c3ccc(-c4ccc(O)cc4)cc3)C=C(c3ccc(-c4ccc(O)cc4)cc3)C1O2.c1ccccc1. The van der Waals surface area contributed by atoms with E-state index in [1.165, 1.54) is 18.2 Å². The van der Waals surface area contributed by atoms with Gasteiger partial charge in [-0.15, -0.1) is 0 Å². The Bertz CT molecular complexity index is 2330. The first-order chi connectivity index (χ1) is 28.0. The third-order valence-electron chi connectivity index (χ3n) is 10.0. The Hall–Kier alpha value is -6.66. The van der Waals surface area contributed by atoms with Crippen LogP contribution in [0.1, 0.15) is 40.7 Å². The smallest absolute Gasteiger partial charge is 0.135 e. The van der Waals surface area contributed by atoms with Crippen LogP contribution in [0.15, 0.2) is 194 Å². The van der Waals surface area contributed by atoms with Gasteiger partial charge in [-0.3, -0.25) is 0 Å². The van der Waals surface area contributed by atoms with E-state index >= 15 is 0 Å². The molecule has 1 aliphatic carbocycles. The molecular weight excluding hydrogens is 701 g/mol. The van der Waals surface area contributed by atoms with Crippen LogP contribution in [0.2, 0.25) is 0 Å². The molecule has 286 valence electrons. The number of phenols is 2. The second-order valence-electron chi connectivity index (χ2n) is 13.6. The average molecular weight is 751 g/mol. The van der Waals surface area contributed by atoms with E-state index in [-0.39, 0.29) is 23.5 Å².